The first kappa shape index (κ1) is 27.0. The van der Waals surface area contributed by atoms with Crippen molar-refractivity contribution in [2.24, 2.45) is 5.41 Å². The summed E-state index contributed by atoms with van der Waals surface area (Å²) in [5, 5.41) is 22.1. The Morgan fingerprint density at radius 1 is 1.10 bits per heavy atom. The summed E-state index contributed by atoms with van der Waals surface area (Å²) in [6.07, 6.45) is 3.38. The van der Waals surface area contributed by atoms with Crippen LogP contribution in [0.15, 0.2) is 54.7 Å². The van der Waals surface area contributed by atoms with Crippen LogP contribution >= 0.6 is 0 Å². The lowest BCUT2D eigenvalue weighted by molar-refractivity contribution is -0.144. The van der Waals surface area contributed by atoms with Gasteiger partial charge in [-0.05, 0) is 42.4 Å². The molecule has 0 bridgehead atoms. The molecule has 9 heteroatoms. The lowest BCUT2D eigenvalue weighted by atomic mass is 9.85. The van der Waals surface area contributed by atoms with Gasteiger partial charge in [0.15, 0.2) is 0 Å². The van der Waals surface area contributed by atoms with Gasteiger partial charge in [-0.1, -0.05) is 68.4 Å². The molecule has 206 valence electrons. The predicted molar refractivity (Wildman–Crippen MR) is 145 cm³/mol. The lowest BCUT2D eigenvalue weighted by Gasteiger charge is -2.34. The van der Waals surface area contributed by atoms with Crippen LogP contribution in [0.2, 0.25) is 0 Å². The molecule has 1 aromatic heterocycles. The third-order valence-electron chi connectivity index (χ3n) is 7.66. The highest BCUT2D eigenvalue weighted by Gasteiger charge is 2.45. The summed E-state index contributed by atoms with van der Waals surface area (Å²) in [7, 11) is 0. The molecule has 1 saturated carbocycles. The van der Waals surface area contributed by atoms with Crippen LogP contribution in [-0.2, 0) is 9.59 Å². The van der Waals surface area contributed by atoms with Crippen molar-refractivity contribution in [3.63, 3.8) is 0 Å². The maximum atomic E-state index is 14.2. The first-order valence-electron chi connectivity index (χ1n) is 13.6. The van der Waals surface area contributed by atoms with Crippen LogP contribution in [0.5, 0.6) is 0 Å². The number of aliphatic hydroxyl groups is 1. The number of nitrogens with zero attached hydrogens (tertiary/aromatic N) is 4. The van der Waals surface area contributed by atoms with Crippen molar-refractivity contribution in [3.8, 4) is 11.1 Å². The monoisotopic (exact) mass is 533 g/mol. The van der Waals surface area contributed by atoms with E-state index in [9.17, 15) is 19.1 Å². The number of hydrogen-bond donors (Lipinski definition) is 2. The van der Waals surface area contributed by atoms with Gasteiger partial charge in [-0.25, -0.2) is 9.07 Å². The number of nitrogens with one attached hydrogen (secondary N) is 1. The van der Waals surface area contributed by atoms with E-state index in [1.54, 1.807) is 22.9 Å². The van der Waals surface area contributed by atoms with E-state index < -0.39 is 23.6 Å². The van der Waals surface area contributed by atoms with Crippen molar-refractivity contribution >= 4 is 11.8 Å². The highest BCUT2D eigenvalue weighted by atomic mass is 19.1. The normalized spacial score (nSPS) is 21.0. The smallest absolute Gasteiger partial charge is 0.248 e. The molecule has 2 aliphatic rings. The third kappa shape index (κ3) is 5.73. The quantitative estimate of drug-likeness (QED) is 0.469. The fourth-order valence-corrected chi connectivity index (χ4v) is 5.37. The summed E-state index contributed by atoms with van der Waals surface area (Å²) in [5.74, 6) is -0.466. The highest BCUT2D eigenvalue weighted by molar-refractivity contribution is 5.90. The van der Waals surface area contributed by atoms with Crippen molar-refractivity contribution in [2.75, 3.05) is 6.54 Å². The molecular weight excluding hydrogens is 497 g/mol. The Bertz CT molecular complexity index is 1350. The summed E-state index contributed by atoms with van der Waals surface area (Å²) >= 11 is 0. The summed E-state index contributed by atoms with van der Waals surface area (Å²) in [6.45, 7) is 7.83. The molecule has 2 amide bonds. The number of halogens is 1. The molecule has 1 saturated heterocycles. The Morgan fingerprint density at radius 2 is 1.79 bits per heavy atom. The number of rotatable bonds is 7. The predicted octanol–water partition coefficient (Wildman–Crippen LogP) is 4.39. The van der Waals surface area contributed by atoms with Gasteiger partial charge in [-0.15, -0.1) is 5.10 Å². The van der Waals surface area contributed by atoms with Gasteiger partial charge >= 0.3 is 0 Å². The van der Waals surface area contributed by atoms with Crippen molar-refractivity contribution in [2.45, 2.75) is 77.1 Å². The highest BCUT2D eigenvalue weighted by Crippen LogP contribution is 2.40. The van der Waals surface area contributed by atoms with Crippen molar-refractivity contribution < 1.29 is 19.1 Å². The van der Waals surface area contributed by atoms with Crippen LogP contribution in [0.25, 0.3) is 11.1 Å². The zero-order chi connectivity index (χ0) is 27.9. The fraction of sp³-hybridized carbons (Fsp3) is 0.467. The van der Waals surface area contributed by atoms with Gasteiger partial charge in [-0.3, -0.25) is 9.59 Å². The minimum atomic E-state index is -0.802. The van der Waals surface area contributed by atoms with E-state index in [1.165, 1.54) is 11.0 Å². The maximum absolute atomic E-state index is 14.2. The fourth-order valence-electron chi connectivity index (χ4n) is 5.37. The Morgan fingerprint density at radius 3 is 2.44 bits per heavy atom. The molecule has 0 radical (unpaired) electrons. The molecule has 5 rings (SSSR count). The molecule has 1 aliphatic heterocycles. The topological polar surface area (TPSA) is 100 Å². The summed E-state index contributed by atoms with van der Waals surface area (Å²) in [6, 6.07) is 12.1. The molecule has 1 unspecified atom stereocenters. The molecule has 3 aromatic rings. The number of benzene rings is 2. The molecule has 4 atom stereocenters. The number of likely N-dealkylation sites (tertiary alicyclic amines) is 1. The second kappa shape index (κ2) is 10.5. The van der Waals surface area contributed by atoms with Gasteiger partial charge in [0.25, 0.3) is 0 Å². The zero-order valence-electron chi connectivity index (χ0n) is 22.8. The van der Waals surface area contributed by atoms with E-state index in [4.69, 9.17) is 0 Å². The molecule has 2 N–H and O–H groups in total. The number of aliphatic hydroxyl groups excluding tert-OH is 1. The first-order chi connectivity index (χ1) is 18.5. The first-order valence-corrected chi connectivity index (χ1v) is 13.6. The van der Waals surface area contributed by atoms with E-state index in [1.807, 2.05) is 58.2 Å². The van der Waals surface area contributed by atoms with Crippen LogP contribution in [0.4, 0.5) is 4.39 Å². The van der Waals surface area contributed by atoms with Gasteiger partial charge in [-0.2, -0.15) is 0 Å². The Labute approximate surface area is 228 Å². The van der Waals surface area contributed by atoms with Crippen LogP contribution in [0.3, 0.4) is 0 Å². The number of aromatic nitrogens is 3. The minimum absolute atomic E-state index is 0.0827. The van der Waals surface area contributed by atoms with Gasteiger partial charge in [0.2, 0.25) is 11.8 Å². The van der Waals surface area contributed by atoms with Gasteiger partial charge in [0.1, 0.15) is 17.9 Å². The number of carbonyl (C=O) groups excluding carboxylic acids is 2. The number of β-amino-alcohol motifs (C(OH)–C–C–N with tert-alkyl or cyclic N) is 1. The van der Waals surface area contributed by atoms with Gasteiger partial charge in [0, 0.05) is 30.6 Å². The average Bonchev–Trinajstić information content (AvgIpc) is 3.50. The standard InChI is InChI=1S/C30H36FN5O3/c1-18(19-9-11-20(12-10-19)23-7-5-6-8-24(23)31)32-28(38)26-15-22(37)16-35(26)29(39)27(30(2,3)4)36-17-25(33-34-36)21-13-14-21/h5-12,17-18,21-22,26-27,37H,13-16H2,1-4H3,(H,32,38)/t18-,22+,26-,27?/m0/s1. The van der Waals surface area contributed by atoms with E-state index in [0.29, 0.717) is 11.5 Å². The largest absolute Gasteiger partial charge is 0.391 e. The van der Waals surface area contributed by atoms with E-state index in [2.05, 4.69) is 15.6 Å². The molecule has 39 heavy (non-hydrogen) atoms. The summed E-state index contributed by atoms with van der Waals surface area (Å²) in [4.78, 5) is 28.8. The Hall–Kier alpha value is -3.59. The minimum Gasteiger partial charge on any atom is -0.391 e. The molecular formula is C30H36FN5O3. The second-order valence-corrected chi connectivity index (χ2v) is 11.9. The molecule has 0 spiro atoms. The average molecular weight is 534 g/mol. The molecule has 2 aromatic carbocycles. The molecule has 2 fully saturated rings. The molecule has 2 heterocycles. The Balaban J connectivity index is 1.31. The summed E-state index contributed by atoms with van der Waals surface area (Å²) in [5.41, 5.74) is 2.51. The maximum Gasteiger partial charge on any atom is 0.248 e. The van der Waals surface area contributed by atoms with Crippen molar-refractivity contribution in [1.29, 1.82) is 0 Å². The number of carbonyl (C=O) groups is 2. The van der Waals surface area contributed by atoms with Crippen molar-refractivity contribution in [1.82, 2.24) is 25.2 Å². The molecule has 8 nitrogen and oxygen atoms in total. The van der Waals surface area contributed by atoms with E-state index in [-0.39, 0.29) is 36.6 Å². The van der Waals surface area contributed by atoms with Crippen LogP contribution < -0.4 is 5.32 Å². The van der Waals surface area contributed by atoms with Crippen molar-refractivity contribution in [3.05, 3.63) is 71.8 Å². The molecule has 1 aliphatic carbocycles. The number of hydrogen-bond acceptors (Lipinski definition) is 5. The van der Waals surface area contributed by atoms with E-state index in [0.717, 1.165) is 29.7 Å². The van der Waals surface area contributed by atoms with E-state index >= 15 is 0 Å². The lowest BCUT2D eigenvalue weighted by Crippen LogP contribution is -2.50. The second-order valence-electron chi connectivity index (χ2n) is 11.9. The van der Waals surface area contributed by atoms with Crippen LogP contribution in [0.1, 0.15) is 76.2 Å². The SMILES string of the molecule is C[C@H](NC(=O)[C@@H]1C[C@@H](O)CN1C(=O)C(n1cc(C2CC2)nn1)C(C)(C)C)c1ccc(-c2ccccc2F)cc1. The van der Waals surface area contributed by atoms with Crippen LogP contribution in [0, 0.1) is 11.2 Å². The third-order valence-corrected chi connectivity index (χ3v) is 7.66. The van der Waals surface area contributed by atoms with Gasteiger partial charge < -0.3 is 15.3 Å². The summed E-state index contributed by atoms with van der Waals surface area (Å²) < 4.78 is 15.8. The Kier molecular flexibility index (Phi) is 7.29. The number of amides is 2. The van der Waals surface area contributed by atoms with Gasteiger partial charge in [0.05, 0.1) is 17.8 Å². The zero-order valence-corrected chi connectivity index (χ0v) is 22.8. The van der Waals surface area contributed by atoms with Crippen LogP contribution in [-0.4, -0.2) is 55.5 Å².